The van der Waals surface area contributed by atoms with E-state index >= 15 is 0 Å². The largest absolute Gasteiger partial charge is 0.493 e. The first-order chi connectivity index (χ1) is 12.8. The quantitative estimate of drug-likeness (QED) is 0.714. The van der Waals surface area contributed by atoms with Crippen molar-refractivity contribution in [2.45, 2.75) is 58.6 Å². The standard InChI is InChI=1S/C20H28N2O5/c1-13(2)12-26-17-10-8-15(9-11-17)19(24)27-14(3)18(23)22-20(25)21-16-6-4-5-7-16/h8-11,13-14,16H,4-7,12H2,1-3H3,(H2,21,22,23,25)/t14-/m1/s1. The van der Waals surface area contributed by atoms with Gasteiger partial charge in [-0.1, -0.05) is 26.7 Å². The van der Waals surface area contributed by atoms with E-state index < -0.39 is 24.0 Å². The van der Waals surface area contributed by atoms with Crippen LogP contribution in [0.5, 0.6) is 5.75 Å². The van der Waals surface area contributed by atoms with Crippen LogP contribution in [0.15, 0.2) is 24.3 Å². The molecule has 2 rings (SSSR count). The molecule has 1 atom stereocenters. The molecule has 0 saturated heterocycles. The topological polar surface area (TPSA) is 93.7 Å². The number of amides is 3. The number of urea groups is 1. The third-order valence-electron chi connectivity index (χ3n) is 4.25. The Labute approximate surface area is 159 Å². The van der Waals surface area contributed by atoms with Gasteiger partial charge in [0.1, 0.15) is 5.75 Å². The van der Waals surface area contributed by atoms with E-state index in [1.165, 1.54) is 6.92 Å². The predicted molar refractivity (Wildman–Crippen MR) is 101 cm³/mol. The van der Waals surface area contributed by atoms with Gasteiger partial charge in [-0.05, 0) is 49.9 Å². The summed E-state index contributed by atoms with van der Waals surface area (Å²) in [5.41, 5.74) is 0.307. The summed E-state index contributed by atoms with van der Waals surface area (Å²) in [6, 6.07) is 6.07. The summed E-state index contributed by atoms with van der Waals surface area (Å²) in [5, 5.41) is 4.96. The van der Waals surface area contributed by atoms with Crippen molar-refractivity contribution < 1.29 is 23.9 Å². The molecule has 0 heterocycles. The fourth-order valence-corrected chi connectivity index (χ4v) is 2.74. The van der Waals surface area contributed by atoms with Crippen LogP contribution in [-0.4, -0.2) is 36.7 Å². The van der Waals surface area contributed by atoms with Crippen molar-refractivity contribution in [2.24, 2.45) is 5.92 Å². The number of imide groups is 1. The maximum atomic E-state index is 12.2. The number of carbonyl (C=O) groups excluding carboxylic acids is 3. The monoisotopic (exact) mass is 376 g/mol. The molecule has 0 spiro atoms. The Morgan fingerprint density at radius 1 is 1.07 bits per heavy atom. The second kappa shape index (κ2) is 9.94. The van der Waals surface area contributed by atoms with Crippen LogP contribution in [-0.2, 0) is 9.53 Å². The van der Waals surface area contributed by atoms with Crippen LogP contribution in [0.4, 0.5) is 4.79 Å². The lowest BCUT2D eigenvalue weighted by Crippen LogP contribution is -2.47. The van der Waals surface area contributed by atoms with E-state index in [1.54, 1.807) is 24.3 Å². The molecular weight excluding hydrogens is 348 g/mol. The van der Waals surface area contributed by atoms with Gasteiger partial charge in [0.2, 0.25) is 0 Å². The van der Waals surface area contributed by atoms with Crippen molar-refractivity contribution in [1.82, 2.24) is 10.6 Å². The molecule has 1 aromatic rings. The van der Waals surface area contributed by atoms with Gasteiger partial charge in [-0.25, -0.2) is 9.59 Å². The maximum Gasteiger partial charge on any atom is 0.338 e. The molecule has 1 aliphatic rings. The van der Waals surface area contributed by atoms with Gasteiger partial charge in [0, 0.05) is 6.04 Å². The minimum absolute atomic E-state index is 0.104. The zero-order valence-corrected chi connectivity index (χ0v) is 16.1. The lowest BCUT2D eigenvalue weighted by atomic mass is 10.2. The number of esters is 1. The number of carbonyl (C=O) groups is 3. The Morgan fingerprint density at radius 2 is 1.70 bits per heavy atom. The third kappa shape index (κ3) is 6.92. The normalized spacial score (nSPS) is 15.3. The minimum Gasteiger partial charge on any atom is -0.493 e. The van der Waals surface area contributed by atoms with Crippen molar-refractivity contribution in [3.8, 4) is 5.75 Å². The molecule has 1 saturated carbocycles. The van der Waals surface area contributed by atoms with E-state index in [0.29, 0.717) is 23.8 Å². The van der Waals surface area contributed by atoms with Crippen LogP contribution in [0.3, 0.4) is 0 Å². The molecule has 0 aromatic heterocycles. The van der Waals surface area contributed by atoms with Crippen LogP contribution in [0.25, 0.3) is 0 Å². The Balaban J connectivity index is 1.79. The Hall–Kier alpha value is -2.57. The first-order valence-electron chi connectivity index (χ1n) is 9.40. The molecule has 3 amide bonds. The molecule has 0 aliphatic heterocycles. The smallest absolute Gasteiger partial charge is 0.338 e. The average molecular weight is 376 g/mol. The highest BCUT2D eigenvalue weighted by Crippen LogP contribution is 2.17. The molecule has 0 radical (unpaired) electrons. The van der Waals surface area contributed by atoms with Crippen LogP contribution >= 0.6 is 0 Å². The lowest BCUT2D eigenvalue weighted by Gasteiger charge is -2.15. The number of hydrogen-bond acceptors (Lipinski definition) is 5. The predicted octanol–water partition coefficient (Wildman–Crippen LogP) is 3.04. The zero-order valence-electron chi connectivity index (χ0n) is 16.1. The van der Waals surface area contributed by atoms with Gasteiger partial charge in [-0.15, -0.1) is 0 Å². The van der Waals surface area contributed by atoms with E-state index in [2.05, 4.69) is 10.6 Å². The van der Waals surface area contributed by atoms with Gasteiger partial charge >= 0.3 is 12.0 Å². The van der Waals surface area contributed by atoms with Crippen molar-refractivity contribution in [1.29, 1.82) is 0 Å². The summed E-state index contributed by atoms with van der Waals surface area (Å²) in [6.45, 7) is 6.11. The van der Waals surface area contributed by atoms with Gasteiger partial charge in [0.15, 0.2) is 6.10 Å². The van der Waals surface area contributed by atoms with Crippen LogP contribution in [0.2, 0.25) is 0 Å². The summed E-state index contributed by atoms with van der Waals surface area (Å²) < 4.78 is 10.7. The molecule has 7 heteroatoms. The number of ether oxygens (including phenoxy) is 2. The number of rotatable bonds is 7. The number of hydrogen-bond donors (Lipinski definition) is 2. The number of benzene rings is 1. The molecule has 7 nitrogen and oxygen atoms in total. The summed E-state index contributed by atoms with van der Waals surface area (Å²) in [7, 11) is 0. The SMILES string of the molecule is CC(C)COc1ccc(C(=O)O[C@H](C)C(=O)NC(=O)NC2CCCC2)cc1. The van der Waals surface area contributed by atoms with E-state index in [9.17, 15) is 14.4 Å². The van der Waals surface area contributed by atoms with Crippen molar-refractivity contribution in [3.63, 3.8) is 0 Å². The maximum absolute atomic E-state index is 12.2. The van der Waals surface area contributed by atoms with Crippen molar-refractivity contribution >= 4 is 17.9 Å². The molecule has 1 fully saturated rings. The highest BCUT2D eigenvalue weighted by molar-refractivity contribution is 5.98. The van der Waals surface area contributed by atoms with Gasteiger partial charge in [-0.3, -0.25) is 10.1 Å². The fourth-order valence-electron chi connectivity index (χ4n) is 2.74. The van der Waals surface area contributed by atoms with E-state index in [4.69, 9.17) is 9.47 Å². The summed E-state index contributed by atoms with van der Waals surface area (Å²) in [6.07, 6.45) is 2.91. The Morgan fingerprint density at radius 3 is 2.30 bits per heavy atom. The Bertz CT molecular complexity index is 651. The summed E-state index contributed by atoms with van der Waals surface area (Å²) >= 11 is 0. The van der Waals surface area contributed by atoms with E-state index in [0.717, 1.165) is 25.7 Å². The highest BCUT2D eigenvalue weighted by atomic mass is 16.5. The molecule has 148 valence electrons. The zero-order chi connectivity index (χ0) is 19.8. The van der Waals surface area contributed by atoms with Gasteiger partial charge < -0.3 is 14.8 Å². The molecule has 2 N–H and O–H groups in total. The fraction of sp³-hybridized carbons (Fsp3) is 0.550. The van der Waals surface area contributed by atoms with Gasteiger partial charge in [0.05, 0.1) is 12.2 Å². The average Bonchev–Trinajstić information content (AvgIpc) is 3.12. The summed E-state index contributed by atoms with van der Waals surface area (Å²) in [4.78, 5) is 36.0. The second-order valence-corrected chi connectivity index (χ2v) is 7.22. The van der Waals surface area contributed by atoms with E-state index in [-0.39, 0.29) is 6.04 Å². The first kappa shape index (κ1) is 20.7. The minimum atomic E-state index is -1.08. The molecule has 1 aromatic carbocycles. The third-order valence-corrected chi connectivity index (χ3v) is 4.25. The van der Waals surface area contributed by atoms with Crippen molar-refractivity contribution in [3.05, 3.63) is 29.8 Å². The van der Waals surface area contributed by atoms with Gasteiger partial charge in [-0.2, -0.15) is 0 Å². The second-order valence-electron chi connectivity index (χ2n) is 7.22. The molecule has 0 unspecified atom stereocenters. The lowest BCUT2D eigenvalue weighted by molar-refractivity contribution is -0.127. The van der Waals surface area contributed by atoms with Gasteiger partial charge in [0.25, 0.3) is 5.91 Å². The van der Waals surface area contributed by atoms with Crippen LogP contribution in [0, 0.1) is 5.92 Å². The highest BCUT2D eigenvalue weighted by Gasteiger charge is 2.23. The molecular formula is C20H28N2O5. The number of nitrogens with one attached hydrogen (secondary N) is 2. The molecule has 1 aliphatic carbocycles. The van der Waals surface area contributed by atoms with E-state index in [1.807, 2.05) is 13.8 Å². The molecule has 0 bridgehead atoms. The summed E-state index contributed by atoms with van der Waals surface area (Å²) in [5.74, 6) is -0.227. The van der Waals surface area contributed by atoms with Crippen LogP contribution in [0.1, 0.15) is 56.8 Å². The van der Waals surface area contributed by atoms with Crippen LogP contribution < -0.4 is 15.4 Å². The first-order valence-corrected chi connectivity index (χ1v) is 9.40. The molecule has 27 heavy (non-hydrogen) atoms. The van der Waals surface area contributed by atoms with Crippen molar-refractivity contribution in [2.75, 3.05) is 6.61 Å². The Kier molecular flexibility index (Phi) is 7.64.